The van der Waals surface area contributed by atoms with Gasteiger partial charge in [-0.2, -0.15) is 0 Å². The van der Waals surface area contributed by atoms with E-state index in [4.69, 9.17) is 20.4 Å². The highest BCUT2D eigenvalue weighted by Gasteiger charge is 2.34. The summed E-state index contributed by atoms with van der Waals surface area (Å²) in [6.07, 6.45) is 6.70. The summed E-state index contributed by atoms with van der Waals surface area (Å²) in [7, 11) is 0. The Balaban J connectivity index is 0.000000306. The summed E-state index contributed by atoms with van der Waals surface area (Å²) < 4.78 is 0. The van der Waals surface area contributed by atoms with Crippen LogP contribution in [-0.4, -0.2) is 112 Å². The number of hydrogen-bond donors (Lipinski definition) is 12. The van der Waals surface area contributed by atoms with E-state index in [0.717, 1.165) is 66.8 Å². The van der Waals surface area contributed by atoms with Crippen molar-refractivity contribution in [2.75, 3.05) is 26.4 Å². The van der Waals surface area contributed by atoms with Crippen LogP contribution in [0.3, 0.4) is 0 Å². The summed E-state index contributed by atoms with van der Waals surface area (Å²) >= 11 is 0. The summed E-state index contributed by atoms with van der Waals surface area (Å²) in [5.74, 6) is -2.95. The van der Waals surface area contributed by atoms with E-state index in [1.54, 1.807) is 72.8 Å². The molecule has 0 heterocycles. The Hall–Kier alpha value is -10.4. The number of carboxylic acid groups (broad SMARTS) is 4. The van der Waals surface area contributed by atoms with Crippen LogP contribution in [0.5, 0.6) is 23.0 Å². The molecule has 0 radical (unpaired) electrons. The molecule has 12 N–H and O–H groups in total. The molecule has 113 heavy (non-hydrogen) atoms. The molecule has 8 rings (SSSR count). The van der Waals surface area contributed by atoms with Crippen molar-refractivity contribution < 1.29 is 80.5 Å². The van der Waals surface area contributed by atoms with Gasteiger partial charge in [-0.3, -0.25) is 0 Å². The molecular formula is C97H124O16. The van der Waals surface area contributed by atoms with E-state index < -0.39 is 55.7 Å². The number of carbonyl (C=O) groups is 4. The van der Waals surface area contributed by atoms with Crippen molar-refractivity contribution in [2.45, 2.75) is 209 Å². The maximum absolute atomic E-state index is 12.0. The van der Waals surface area contributed by atoms with Crippen LogP contribution in [0.15, 0.2) is 170 Å². The highest BCUT2D eigenvalue weighted by molar-refractivity contribution is 6.23. The summed E-state index contributed by atoms with van der Waals surface area (Å²) in [5, 5.41) is 117. The number of phenolic OH excluding ortho intramolecular Hbond substituents is 4. The van der Waals surface area contributed by atoms with Gasteiger partial charge in [0.05, 0.1) is 54.1 Å². The van der Waals surface area contributed by atoms with Crippen molar-refractivity contribution in [2.24, 2.45) is 5.41 Å². The molecule has 0 atom stereocenters. The number of aliphatic hydroxyl groups is 4. The zero-order valence-electron chi connectivity index (χ0n) is 70.8. The fourth-order valence-electron chi connectivity index (χ4n) is 12.0. The van der Waals surface area contributed by atoms with Crippen LogP contribution in [0.4, 0.5) is 0 Å². The van der Waals surface area contributed by atoms with Gasteiger partial charge in [0.15, 0.2) is 0 Å². The second-order valence-corrected chi connectivity index (χ2v) is 36.9. The quantitative estimate of drug-likeness (QED) is 0.0316. The average molecular weight is 1550 g/mol. The largest absolute Gasteiger partial charge is 0.507 e. The van der Waals surface area contributed by atoms with E-state index in [1.165, 1.54) is 0 Å². The van der Waals surface area contributed by atoms with Crippen molar-refractivity contribution in [3.8, 4) is 23.0 Å². The van der Waals surface area contributed by atoms with Crippen molar-refractivity contribution in [1.29, 1.82) is 0 Å². The van der Waals surface area contributed by atoms with E-state index in [0.29, 0.717) is 22.3 Å². The maximum atomic E-state index is 12.0. The van der Waals surface area contributed by atoms with Gasteiger partial charge < -0.3 is 61.3 Å². The van der Waals surface area contributed by atoms with Crippen molar-refractivity contribution in [3.05, 3.63) is 259 Å². The van der Waals surface area contributed by atoms with Gasteiger partial charge in [-0.1, -0.05) is 287 Å². The van der Waals surface area contributed by atoms with Gasteiger partial charge in [0.1, 0.15) is 23.0 Å². The Bertz CT molecular complexity index is 3950. The molecule has 0 saturated heterocycles. The Labute approximate surface area is 670 Å². The van der Waals surface area contributed by atoms with Gasteiger partial charge in [0.2, 0.25) is 0 Å². The Morgan fingerprint density at radius 3 is 0.451 bits per heavy atom. The van der Waals surface area contributed by atoms with Gasteiger partial charge in [-0.15, -0.1) is 0 Å². The molecule has 608 valence electrons. The third-order valence-electron chi connectivity index (χ3n) is 18.9. The summed E-state index contributed by atoms with van der Waals surface area (Å²) in [6.45, 7) is 46.7. The first kappa shape index (κ1) is 95.0. The topological polar surface area (TPSA) is 311 Å². The lowest BCUT2D eigenvalue weighted by Crippen LogP contribution is -2.37. The first-order valence-corrected chi connectivity index (χ1v) is 37.9. The molecular weight excluding hydrogens is 1420 g/mol. The van der Waals surface area contributed by atoms with Crippen LogP contribution in [0.2, 0.25) is 0 Å². The molecule has 8 aromatic rings. The van der Waals surface area contributed by atoms with Gasteiger partial charge >= 0.3 is 23.9 Å². The van der Waals surface area contributed by atoms with E-state index in [2.05, 4.69) is 0 Å². The number of aliphatic hydroxyl groups excluding tert-OH is 4. The summed E-state index contributed by atoms with van der Waals surface area (Å²) in [4.78, 5) is 47.9. The van der Waals surface area contributed by atoms with E-state index in [1.807, 2.05) is 287 Å². The van der Waals surface area contributed by atoms with Crippen LogP contribution >= 0.6 is 0 Å². The maximum Gasteiger partial charge on any atom is 0.336 e. The highest BCUT2D eigenvalue weighted by Crippen LogP contribution is 2.46. The molecule has 0 saturated carbocycles. The number of carboxylic acids is 4. The molecule has 0 aromatic heterocycles. The summed E-state index contributed by atoms with van der Waals surface area (Å²) in [5.41, 5.74) is 9.01. The first-order chi connectivity index (χ1) is 51.9. The van der Waals surface area contributed by atoms with Gasteiger partial charge in [-0.05, 0) is 161 Å². The molecule has 0 bridgehead atoms. The standard InChI is InChI=1S/4C23H28O3.C5H12O4/c4*1-22(2,3)18-13-16(14-19(20(18)24)23(4,5)6)17(21(25)26)12-15-10-8-7-9-11-15;6-1-5(2-7,3-8)4-9/h4*7-14,24H,1-6H3,(H,25,26);6-9H,1-4H2. The number of aromatic hydroxyl groups is 4. The van der Waals surface area contributed by atoms with Gasteiger partial charge in [-0.25, -0.2) is 19.2 Å². The second kappa shape index (κ2) is 38.4. The third-order valence-corrected chi connectivity index (χ3v) is 18.9. The molecule has 16 heteroatoms. The lowest BCUT2D eigenvalue weighted by Gasteiger charge is -2.28. The number of phenols is 4. The normalized spacial score (nSPS) is 12.8. The van der Waals surface area contributed by atoms with Crippen LogP contribution in [0.25, 0.3) is 46.6 Å². The fourth-order valence-corrected chi connectivity index (χ4v) is 12.0. The second-order valence-electron chi connectivity index (χ2n) is 36.9. The van der Waals surface area contributed by atoms with Gasteiger partial charge in [0.25, 0.3) is 0 Å². The molecule has 0 aliphatic rings. The van der Waals surface area contributed by atoms with Gasteiger partial charge in [0, 0.05) is 44.5 Å². The molecule has 8 aromatic carbocycles. The zero-order valence-corrected chi connectivity index (χ0v) is 70.8. The summed E-state index contributed by atoms with van der Waals surface area (Å²) in [6, 6.07) is 52.0. The van der Waals surface area contributed by atoms with E-state index in [9.17, 15) is 60.0 Å². The van der Waals surface area contributed by atoms with Crippen molar-refractivity contribution in [1.82, 2.24) is 0 Å². The molecule has 0 fully saturated rings. The smallest absolute Gasteiger partial charge is 0.336 e. The number of rotatable bonds is 16. The molecule has 0 spiro atoms. The minimum Gasteiger partial charge on any atom is -0.507 e. The minimum atomic E-state index is -1.11. The Morgan fingerprint density at radius 2 is 0.363 bits per heavy atom. The lowest BCUT2D eigenvalue weighted by molar-refractivity contribution is -0.131. The molecule has 0 amide bonds. The van der Waals surface area contributed by atoms with Crippen LogP contribution < -0.4 is 0 Å². The predicted molar refractivity (Wildman–Crippen MR) is 461 cm³/mol. The Kier molecular flexibility index (Phi) is 32.3. The van der Waals surface area contributed by atoms with Crippen LogP contribution in [0.1, 0.15) is 255 Å². The molecule has 0 aliphatic heterocycles. The number of benzene rings is 8. The zero-order chi connectivity index (χ0) is 86.1. The number of aliphatic carboxylic acids is 4. The predicted octanol–water partition coefficient (Wildman–Crippen LogP) is 20.4. The minimum absolute atomic E-state index is 0.215. The van der Waals surface area contributed by atoms with Crippen LogP contribution in [0, 0.1) is 5.41 Å². The van der Waals surface area contributed by atoms with Crippen LogP contribution in [-0.2, 0) is 62.5 Å². The first-order valence-electron chi connectivity index (χ1n) is 37.9. The monoisotopic (exact) mass is 1540 g/mol. The fraction of sp³-hybridized carbons (Fsp3) is 0.381. The average Bonchev–Trinajstić information content (AvgIpc) is 0.790. The molecule has 0 unspecified atom stereocenters. The molecule has 16 nitrogen and oxygen atoms in total. The van der Waals surface area contributed by atoms with E-state index >= 15 is 0 Å². The van der Waals surface area contributed by atoms with Crippen molar-refractivity contribution in [3.63, 3.8) is 0 Å². The highest BCUT2D eigenvalue weighted by atomic mass is 16.4. The third kappa shape index (κ3) is 26.9. The van der Waals surface area contributed by atoms with Crippen molar-refractivity contribution >= 4 is 70.5 Å². The molecule has 0 aliphatic carbocycles. The van der Waals surface area contributed by atoms with E-state index in [-0.39, 0.29) is 88.6 Å². The lowest BCUT2D eigenvalue weighted by atomic mass is 9.77. The number of hydrogen-bond acceptors (Lipinski definition) is 12. The Morgan fingerprint density at radius 1 is 0.239 bits per heavy atom. The SMILES string of the molecule is CC(C)(C)c1cc(C(=Cc2ccccc2)C(=O)O)cc(C(C)(C)C)c1O.CC(C)(C)c1cc(C(=Cc2ccccc2)C(=O)O)cc(C(C)(C)C)c1O.CC(C)(C)c1cc(C(=Cc2ccccc2)C(=O)O)cc(C(C)(C)C)c1O.CC(C)(C)c1cc(C(=Cc2ccccc2)C(=O)O)cc(C(C)(C)C)c1O.OCC(CO)(CO)CO.